The Hall–Kier alpha value is -3.32. The number of carbonyl (C=O) groups excluding carboxylic acids is 1. The zero-order valence-electron chi connectivity index (χ0n) is 14.1. The lowest BCUT2D eigenvalue weighted by atomic mass is 10.0. The third-order valence-electron chi connectivity index (χ3n) is 4.53. The molecule has 6 nitrogen and oxygen atoms in total. The molecule has 27 heavy (non-hydrogen) atoms. The molecule has 0 unspecified atom stereocenters. The summed E-state index contributed by atoms with van der Waals surface area (Å²) in [5, 5.41) is 8.17. The summed E-state index contributed by atoms with van der Waals surface area (Å²) in [6.07, 6.45) is 5.47. The normalized spacial score (nSPS) is 16.7. The first-order valence-corrected chi connectivity index (χ1v) is 9.36. The van der Waals surface area contributed by atoms with Gasteiger partial charge in [-0.2, -0.15) is 5.10 Å². The van der Waals surface area contributed by atoms with Gasteiger partial charge in [0.15, 0.2) is 5.76 Å². The van der Waals surface area contributed by atoms with Crippen molar-refractivity contribution in [3.63, 3.8) is 0 Å². The predicted octanol–water partition coefficient (Wildman–Crippen LogP) is 4.28. The van der Waals surface area contributed by atoms with Gasteiger partial charge in [0.25, 0.3) is 0 Å². The Kier molecular flexibility index (Phi) is 3.79. The number of furan rings is 1. The average molecular weight is 374 g/mol. The molecule has 1 amide bonds. The predicted molar refractivity (Wildman–Crippen MR) is 103 cm³/mol. The van der Waals surface area contributed by atoms with Crippen molar-refractivity contribution in [2.24, 2.45) is 5.10 Å². The van der Waals surface area contributed by atoms with Crippen LogP contribution in [0.2, 0.25) is 0 Å². The van der Waals surface area contributed by atoms with E-state index < -0.39 is 0 Å². The van der Waals surface area contributed by atoms with Crippen LogP contribution in [0.15, 0.2) is 76.0 Å². The van der Waals surface area contributed by atoms with Crippen LogP contribution in [0.25, 0.3) is 11.0 Å². The van der Waals surface area contributed by atoms with E-state index in [0.29, 0.717) is 6.42 Å². The van der Waals surface area contributed by atoms with Crippen LogP contribution < -0.4 is 0 Å². The van der Waals surface area contributed by atoms with Crippen molar-refractivity contribution < 1.29 is 9.21 Å². The van der Waals surface area contributed by atoms with Crippen LogP contribution in [0.5, 0.6) is 0 Å². The molecule has 1 aliphatic heterocycles. The molecule has 0 fully saturated rings. The van der Waals surface area contributed by atoms with E-state index in [2.05, 4.69) is 15.1 Å². The maximum absolute atomic E-state index is 13.0. The molecule has 0 spiro atoms. The quantitative estimate of drug-likeness (QED) is 0.537. The SMILES string of the molecule is O=C(c1ccco1)N1N=C(c2cccs2)C[C@@H]1c1ccc2nccnc2c1. The van der Waals surface area contributed by atoms with E-state index in [4.69, 9.17) is 4.42 Å². The molecule has 3 aromatic heterocycles. The Bertz CT molecular complexity index is 1140. The molecule has 0 N–H and O–H groups in total. The smallest absolute Gasteiger partial charge is 0.310 e. The molecule has 0 saturated carbocycles. The van der Waals surface area contributed by atoms with Gasteiger partial charge in [-0.05, 0) is 41.3 Å². The number of fused-ring (bicyclic) bond motifs is 1. The zero-order valence-corrected chi connectivity index (χ0v) is 15.0. The number of carbonyl (C=O) groups is 1. The summed E-state index contributed by atoms with van der Waals surface area (Å²) in [6.45, 7) is 0. The largest absolute Gasteiger partial charge is 0.459 e. The van der Waals surface area contributed by atoms with Crippen molar-refractivity contribution in [3.8, 4) is 0 Å². The monoisotopic (exact) mass is 374 g/mol. The number of thiophene rings is 1. The molecule has 132 valence electrons. The summed E-state index contributed by atoms with van der Waals surface area (Å²) in [5.74, 6) is 0.0209. The Labute approximate surface area is 158 Å². The highest BCUT2D eigenvalue weighted by Gasteiger charge is 2.35. The summed E-state index contributed by atoms with van der Waals surface area (Å²) >= 11 is 1.62. The average Bonchev–Trinajstić information content (AvgIpc) is 3.48. The lowest BCUT2D eigenvalue weighted by Crippen LogP contribution is -2.26. The maximum atomic E-state index is 13.0. The first-order valence-electron chi connectivity index (χ1n) is 8.49. The summed E-state index contributed by atoms with van der Waals surface area (Å²) < 4.78 is 5.31. The molecule has 5 rings (SSSR count). The van der Waals surface area contributed by atoms with E-state index in [1.165, 1.54) is 11.3 Å². The number of hydrogen-bond donors (Lipinski definition) is 0. The molecule has 1 aliphatic rings. The van der Waals surface area contributed by atoms with Gasteiger partial charge in [-0.15, -0.1) is 11.3 Å². The molecular weight excluding hydrogens is 360 g/mol. The Morgan fingerprint density at radius 2 is 2.00 bits per heavy atom. The molecule has 0 saturated heterocycles. The third kappa shape index (κ3) is 2.82. The lowest BCUT2D eigenvalue weighted by molar-refractivity contribution is 0.0678. The van der Waals surface area contributed by atoms with Gasteiger partial charge in [0.1, 0.15) is 0 Å². The highest BCUT2D eigenvalue weighted by atomic mass is 32.1. The van der Waals surface area contributed by atoms with Gasteiger partial charge >= 0.3 is 5.91 Å². The van der Waals surface area contributed by atoms with Crippen LogP contribution in [-0.4, -0.2) is 26.6 Å². The Balaban J connectivity index is 1.57. The molecule has 7 heteroatoms. The Morgan fingerprint density at radius 1 is 1.11 bits per heavy atom. The number of rotatable bonds is 3. The number of hydrazone groups is 1. The lowest BCUT2D eigenvalue weighted by Gasteiger charge is -2.21. The number of benzene rings is 1. The van der Waals surface area contributed by atoms with E-state index in [-0.39, 0.29) is 17.7 Å². The van der Waals surface area contributed by atoms with Crippen molar-refractivity contribution in [2.45, 2.75) is 12.5 Å². The minimum Gasteiger partial charge on any atom is -0.459 e. The van der Waals surface area contributed by atoms with Gasteiger partial charge in [-0.25, -0.2) is 5.01 Å². The topological polar surface area (TPSA) is 71.6 Å². The number of amides is 1. The fourth-order valence-corrected chi connectivity index (χ4v) is 3.97. The summed E-state index contributed by atoms with van der Waals surface area (Å²) in [4.78, 5) is 22.7. The van der Waals surface area contributed by atoms with E-state index in [9.17, 15) is 4.79 Å². The highest BCUT2D eigenvalue weighted by molar-refractivity contribution is 7.12. The van der Waals surface area contributed by atoms with Crippen LogP contribution in [-0.2, 0) is 0 Å². The summed E-state index contributed by atoms with van der Waals surface area (Å²) in [5.41, 5.74) is 3.49. The number of aromatic nitrogens is 2. The number of nitrogens with zero attached hydrogens (tertiary/aromatic N) is 4. The first-order chi connectivity index (χ1) is 13.3. The standard InChI is InChI=1S/C20H14N4O2S/c25-20(18-3-1-9-26-18)24-17(12-16(23-24)19-4-2-10-27-19)13-5-6-14-15(11-13)22-8-7-21-14/h1-11,17H,12H2/t17-/m1/s1. The summed E-state index contributed by atoms with van der Waals surface area (Å²) in [7, 11) is 0. The van der Waals surface area contributed by atoms with Crippen molar-refractivity contribution in [1.29, 1.82) is 0 Å². The molecule has 0 aliphatic carbocycles. The van der Waals surface area contributed by atoms with Gasteiger partial charge in [-0.1, -0.05) is 12.1 Å². The zero-order chi connectivity index (χ0) is 18.2. The second-order valence-electron chi connectivity index (χ2n) is 6.18. The third-order valence-corrected chi connectivity index (χ3v) is 5.45. The second kappa shape index (κ2) is 6.44. The molecule has 1 atom stereocenters. The van der Waals surface area contributed by atoms with E-state index in [0.717, 1.165) is 27.2 Å². The highest BCUT2D eigenvalue weighted by Crippen LogP contribution is 2.35. The van der Waals surface area contributed by atoms with Crippen LogP contribution in [0.4, 0.5) is 0 Å². The fourth-order valence-electron chi connectivity index (χ4n) is 3.25. The molecule has 4 heterocycles. The van der Waals surface area contributed by atoms with Gasteiger partial charge < -0.3 is 4.42 Å². The van der Waals surface area contributed by atoms with Crippen molar-refractivity contribution >= 4 is 34.0 Å². The van der Waals surface area contributed by atoms with Gasteiger partial charge in [0.2, 0.25) is 0 Å². The van der Waals surface area contributed by atoms with Gasteiger partial charge in [0, 0.05) is 18.8 Å². The minimum atomic E-state index is -0.254. The van der Waals surface area contributed by atoms with E-state index >= 15 is 0 Å². The van der Waals surface area contributed by atoms with Crippen molar-refractivity contribution in [2.75, 3.05) is 0 Å². The second-order valence-corrected chi connectivity index (χ2v) is 7.12. The minimum absolute atomic E-state index is 0.217. The summed E-state index contributed by atoms with van der Waals surface area (Å²) in [6, 6.07) is 13.0. The number of hydrogen-bond acceptors (Lipinski definition) is 6. The van der Waals surface area contributed by atoms with Crippen LogP contribution in [0, 0.1) is 0 Å². The maximum Gasteiger partial charge on any atom is 0.310 e. The van der Waals surface area contributed by atoms with Crippen molar-refractivity contribution in [3.05, 3.63) is 82.7 Å². The van der Waals surface area contributed by atoms with Crippen LogP contribution in [0.3, 0.4) is 0 Å². The molecule has 0 radical (unpaired) electrons. The molecule has 4 aromatic rings. The molecule has 1 aromatic carbocycles. The van der Waals surface area contributed by atoms with Gasteiger partial charge in [0.05, 0.1) is 33.9 Å². The van der Waals surface area contributed by atoms with E-state index in [1.807, 2.05) is 35.7 Å². The van der Waals surface area contributed by atoms with E-state index in [1.54, 1.807) is 35.9 Å². The van der Waals surface area contributed by atoms with Crippen molar-refractivity contribution in [1.82, 2.24) is 15.0 Å². The van der Waals surface area contributed by atoms with Crippen LogP contribution >= 0.6 is 11.3 Å². The molecular formula is C20H14N4O2S. The van der Waals surface area contributed by atoms with Gasteiger partial charge in [-0.3, -0.25) is 14.8 Å². The Morgan fingerprint density at radius 3 is 2.78 bits per heavy atom. The first kappa shape index (κ1) is 15.9. The molecule has 0 bridgehead atoms. The van der Waals surface area contributed by atoms with Crippen LogP contribution in [0.1, 0.15) is 33.5 Å². The fraction of sp³-hybridized carbons (Fsp3) is 0.100.